The first-order chi connectivity index (χ1) is 17.8. The number of likely N-dealkylation sites (tertiary alicyclic amines) is 1. The van der Waals surface area contributed by atoms with E-state index < -0.39 is 5.60 Å². The van der Waals surface area contributed by atoms with E-state index in [0.717, 1.165) is 79.3 Å². The molecule has 4 aromatic rings. The van der Waals surface area contributed by atoms with Crippen LogP contribution in [0.2, 0.25) is 0 Å². The van der Waals surface area contributed by atoms with Gasteiger partial charge in [-0.1, -0.05) is 0 Å². The highest BCUT2D eigenvalue weighted by Crippen LogP contribution is 2.33. The van der Waals surface area contributed by atoms with Gasteiger partial charge in [0.2, 0.25) is 0 Å². The molecule has 6 rings (SSSR count). The lowest BCUT2D eigenvalue weighted by Crippen LogP contribution is -2.41. The van der Waals surface area contributed by atoms with Crippen LogP contribution in [-0.2, 0) is 18.3 Å². The average molecular weight is 508 g/mol. The molecular formula is C27H34FN7O2. The summed E-state index contributed by atoms with van der Waals surface area (Å²) in [6.45, 7) is 9.15. The van der Waals surface area contributed by atoms with Crippen LogP contribution in [0.5, 0.6) is 0 Å². The SMILES string of the molecule is Cn1c(CN2CCC(C(C)(C)O)CC2)nc2c(N3CCOCC3)nc(-c3c[nH]c4cc(F)ccc34)nc21. The van der Waals surface area contributed by atoms with E-state index in [9.17, 15) is 9.50 Å². The predicted octanol–water partition coefficient (Wildman–Crippen LogP) is 3.47. The van der Waals surface area contributed by atoms with Gasteiger partial charge in [-0.05, 0) is 63.9 Å². The molecule has 5 heterocycles. The maximum atomic E-state index is 13.8. The maximum absolute atomic E-state index is 13.8. The van der Waals surface area contributed by atoms with Crippen molar-refractivity contribution in [2.24, 2.45) is 13.0 Å². The number of rotatable bonds is 5. The lowest BCUT2D eigenvalue weighted by molar-refractivity contribution is -0.0139. The van der Waals surface area contributed by atoms with E-state index in [1.807, 2.05) is 27.1 Å². The number of imidazole rings is 1. The van der Waals surface area contributed by atoms with E-state index in [-0.39, 0.29) is 5.82 Å². The Labute approximate surface area is 215 Å². The molecule has 2 aliphatic heterocycles. The molecule has 37 heavy (non-hydrogen) atoms. The zero-order valence-corrected chi connectivity index (χ0v) is 21.7. The molecule has 2 fully saturated rings. The number of anilines is 1. The van der Waals surface area contributed by atoms with Crippen molar-refractivity contribution in [1.29, 1.82) is 0 Å². The molecule has 2 N–H and O–H groups in total. The first-order valence-corrected chi connectivity index (χ1v) is 13.1. The zero-order chi connectivity index (χ0) is 25.7. The van der Waals surface area contributed by atoms with Crippen molar-refractivity contribution in [2.75, 3.05) is 44.3 Å². The Kier molecular flexibility index (Phi) is 6.13. The predicted molar refractivity (Wildman–Crippen MR) is 141 cm³/mol. The number of benzene rings is 1. The number of halogens is 1. The van der Waals surface area contributed by atoms with E-state index in [2.05, 4.69) is 19.4 Å². The van der Waals surface area contributed by atoms with Gasteiger partial charge in [0, 0.05) is 42.8 Å². The van der Waals surface area contributed by atoms with Crippen LogP contribution in [0.15, 0.2) is 24.4 Å². The number of nitrogens with zero attached hydrogens (tertiary/aromatic N) is 6. The van der Waals surface area contributed by atoms with Crippen LogP contribution in [-0.4, -0.2) is 79.5 Å². The van der Waals surface area contributed by atoms with Gasteiger partial charge in [0.1, 0.15) is 11.6 Å². The highest BCUT2D eigenvalue weighted by Gasteiger charge is 2.31. The van der Waals surface area contributed by atoms with Crippen molar-refractivity contribution in [1.82, 2.24) is 29.4 Å². The fraction of sp³-hybridized carbons (Fsp3) is 0.519. The van der Waals surface area contributed by atoms with E-state index in [1.165, 1.54) is 12.1 Å². The standard InChI is InChI=1S/C27H34FN7O2/c1-27(2,36)17-6-8-34(9-7-17)16-22-30-23-25(33(22)3)31-24(32-26(23)35-10-12-37-13-11-35)20-15-29-21-14-18(28)4-5-19(20)21/h4-5,14-15,17,29,36H,6-13,16H2,1-3H3. The summed E-state index contributed by atoms with van der Waals surface area (Å²) in [5, 5.41) is 11.3. The normalized spacial score (nSPS) is 18.4. The Hall–Kier alpha value is -3.08. The molecule has 0 bridgehead atoms. The zero-order valence-electron chi connectivity index (χ0n) is 21.7. The number of H-pyrrole nitrogens is 1. The lowest BCUT2D eigenvalue weighted by Gasteiger charge is -2.37. The van der Waals surface area contributed by atoms with Gasteiger partial charge in [-0.25, -0.2) is 19.3 Å². The number of fused-ring (bicyclic) bond motifs is 2. The average Bonchev–Trinajstić information content (AvgIpc) is 3.44. The molecule has 2 aliphatic rings. The topological polar surface area (TPSA) is 95.3 Å². The molecule has 0 radical (unpaired) electrons. The smallest absolute Gasteiger partial charge is 0.166 e. The molecule has 0 atom stereocenters. The Balaban J connectivity index is 1.38. The summed E-state index contributed by atoms with van der Waals surface area (Å²) in [6, 6.07) is 4.72. The number of nitrogens with one attached hydrogen (secondary N) is 1. The third kappa shape index (κ3) is 4.58. The molecule has 1 aromatic carbocycles. The minimum absolute atomic E-state index is 0.283. The second kappa shape index (κ2) is 9.34. The van der Waals surface area contributed by atoms with E-state index in [0.29, 0.717) is 30.5 Å². The summed E-state index contributed by atoms with van der Waals surface area (Å²) in [5.74, 6) is 2.37. The van der Waals surface area contributed by atoms with Crippen molar-refractivity contribution in [3.05, 3.63) is 36.0 Å². The number of aromatic amines is 1. The van der Waals surface area contributed by atoms with Crippen molar-refractivity contribution in [2.45, 2.75) is 38.8 Å². The monoisotopic (exact) mass is 507 g/mol. The number of hydrogen-bond acceptors (Lipinski definition) is 7. The van der Waals surface area contributed by atoms with Crippen molar-refractivity contribution in [3.8, 4) is 11.4 Å². The number of ether oxygens (including phenoxy) is 1. The van der Waals surface area contributed by atoms with Crippen LogP contribution in [0.3, 0.4) is 0 Å². The molecule has 2 saturated heterocycles. The quantitative estimate of drug-likeness (QED) is 0.427. The van der Waals surface area contributed by atoms with Crippen LogP contribution in [0.1, 0.15) is 32.5 Å². The maximum Gasteiger partial charge on any atom is 0.166 e. The molecule has 0 spiro atoms. The number of aromatic nitrogens is 5. The molecule has 10 heteroatoms. The Morgan fingerprint density at radius 1 is 1.11 bits per heavy atom. The number of aliphatic hydroxyl groups is 1. The van der Waals surface area contributed by atoms with Crippen molar-refractivity contribution < 1.29 is 14.2 Å². The van der Waals surface area contributed by atoms with Gasteiger partial charge in [-0.2, -0.15) is 0 Å². The Morgan fingerprint density at radius 3 is 2.59 bits per heavy atom. The van der Waals surface area contributed by atoms with E-state index >= 15 is 0 Å². The van der Waals surface area contributed by atoms with Crippen LogP contribution < -0.4 is 4.90 Å². The number of hydrogen-bond donors (Lipinski definition) is 2. The van der Waals surface area contributed by atoms with Gasteiger partial charge in [0.15, 0.2) is 22.8 Å². The first kappa shape index (κ1) is 24.3. The van der Waals surface area contributed by atoms with Crippen molar-refractivity contribution in [3.63, 3.8) is 0 Å². The van der Waals surface area contributed by atoms with Gasteiger partial charge in [-0.3, -0.25) is 4.90 Å². The van der Waals surface area contributed by atoms with Gasteiger partial charge in [0.05, 0.1) is 25.4 Å². The summed E-state index contributed by atoms with van der Waals surface area (Å²) >= 11 is 0. The van der Waals surface area contributed by atoms with Crippen LogP contribution in [0, 0.1) is 11.7 Å². The number of piperidine rings is 1. The molecule has 0 aliphatic carbocycles. The third-order valence-corrected chi connectivity index (χ3v) is 7.94. The molecule has 196 valence electrons. The highest BCUT2D eigenvalue weighted by atomic mass is 19.1. The number of morpholine rings is 1. The second-order valence-corrected chi connectivity index (χ2v) is 10.8. The minimum atomic E-state index is -0.642. The fourth-order valence-electron chi connectivity index (χ4n) is 5.63. The van der Waals surface area contributed by atoms with Crippen LogP contribution in [0.4, 0.5) is 10.2 Å². The van der Waals surface area contributed by atoms with Crippen LogP contribution in [0.25, 0.3) is 33.5 Å². The van der Waals surface area contributed by atoms with Gasteiger partial charge in [0.25, 0.3) is 0 Å². The van der Waals surface area contributed by atoms with E-state index in [4.69, 9.17) is 19.7 Å². The van der Waals surface area contributed by atoms with Crippen LogP contribution >= 0.6 is 0 Å². The highest BCUT2D eigenvalue weighted by molar-refractivity contribution is 5.95. The van der Waals surface area contributed by atoms with Gasteiger partial charge >= 0.3 is 0 Å². The van der Waals surface area contributed by atoms with Gasteiger partial charge in [-0.15, -0.1) is 0 Å². The molecular weight excluding hydrogens is 473 g/mol. The summed E-state index contributed by atoms with van der Waals surface area (Å²) in [7, 11) is 2.01. The summed E-state index contributed by atoms with van der Waals surface area (Å²) in [6.07, 6.45) is 3.79. The fourth-order valence-corrected chi connectivity index (χ4v) is 5.63. The third-order valence-electron chi connectivity index (χ3n) is 7.94. The summed E-state index contributed by atoms with van der Waals surface area (Å²) < 4.78 is 21.5. The largest absolute Gasteiger partial charge is 0.390 e. The Bertz CT molecular complexity index is 1430. The summed E-state index contributed by atoms with van der Waals surface area (Å²) in [5.41, 5.74) is 2.48. The number of aryl methyl sites for hydroxylation is 1. The first-order valence-electron chi connectivity index (χ1n) is 13.1. The summed E-state index contributed by atoms with van der Waals surface area (Å²) in [4.78, 5) is 22.8. The molecule has 0 amide bonds. The second-order valence-electron chi connectivity index (χ2n) is 10.8. The van der Waals surface area contributed by atoms with E-state index in [1.54, 1.807) is 6.07 Å². The minimum Gasteiger partial charge on any atom is -0.390 e. The molecule has 0 saturated carbocycles. The Morgan fingerprint density at radius 2 is 1.86 bits per heavy atom. The lowest BCUT2D eigenvalue weighted by atomic mass is 9.83. The molecule has 3 aromatic heterocycles. The molecule has 9 nitrogen and oxygen atoms in total. The van der Waals surface area contributed by atoms with Gasteiger partial charge < -0.3 is 24.3 Å². The molecule has 0 unspecified atom stereocenters. The van der Waals surface area contributed by atoms with Crippen molar-refractivity contribution >= 4 is 27.9 Å².